The molecule has 3 amide bonds. The van der Waals surface area contributed by atoms with Crippen molar-refractivity contribution >= 4 is 11.9 Å². The van der Waals surface area contributed by atoms with Crippen LogP contribution in [0.2, 0.25) is 0 Å². The molecule has 3 fully saturated rings. The predicted octanol–water partition coefficient (Wildman–Crippen LogP) is 2.24. The largest absolute Gasteiger partial charge is 0.369 e. The summed E-state index contributed by atoms with van der Waals surface area (Å²) in [5, 5.41) is 6.00. The van der Waals surface area contributed by atoms with E-state index < -0.39 is 0 Å². The molecule has 6 heteroatoms. The van der Waals surface area contributed by atoms with Crippen LogP contribution in [-0.2, 0) is 4.74 Å². The third-order valence-electron chi connectivity index (χ3n) is 6.67. The standard InChI is InChI=1S/C21H29N3O3/c1-4-22-20(26)24-11-17-16(18-7-8-21(17,12-24)27-18)10-23-19(25)15-6-5-13(2)14(3)9-15/h5-6,9,16-18H,4,7-8,10-12H2,1-3H3,(H,22,26)(H,23,25)/t16-,17+,18+,21+/m0/s1. The molecule has 4 rings (SSSR count). The monoisotopic (exact) mass is 371 g/mol. The van der Waals surface area contributed by atoms with Gasteiger partial charge in [-0.15, -0.1) is 0 Å². The van der Waals surface area contributed by atoms with Crippen LogP contribution in [-0.4, -0.2) is 54.7 Å². The third kappa shape index (κ3) is 3.10. The molecule has 0 unspecified atom stereocenters. The molecule has 0 aromatic heterocycles. The van der Waals surface area contributed by atoms with Crippen molar-refractivity contribution in [1.29, 1.82) is 0 Å². The first-order valence-electron chi connectivity index (χ1n) is 9.99. The summed E-state index contributed by atoms with van der Waals surface area (Å²) in [7, 11) is 0. The SMILES string of the molecule is CCNC(=O)N1C[C@@H]2[C@H](CNC(=O)c3ccc(C)c(C)c3)[C@H]3CC[C@]2(C1)O3. The van der Waals surface area contributed by atoms with Crippen molar-refractivity contribution in [3.8, 4) is 0 Å². The van der Waals surface area contributed by atoms with Crippen molar-refractivity contribution in [2.24, 2.45) is 11.8 Å². The van der Waals surface area contributed by atoms with E-state index in [1.807, 2.05) is 43.9 Å². The van der Waals surface area contributed by atoms with Crippen molar-refractivity contribution < 1.29 is 14.3 Å². The molecule has 1 aromatic rings. The summed E-state index contributed by atoms with van der Waals surface area (Å²) in [6.45, 7) is 8.62. The van der Waals surface area contributed by atoms with Crippen LogP contribution in [0, 0.1) is 25.7 Å². The maximum atomic E-state index is 12.6. The molecule has 0 radical (unpaired) electrons. The molecule has 4 atom stereocenters. The molecular weight excluding hydrogens is 342 g/mol. The van der Waals surface area contributed by atoms with Crippen LogP contribution >= 0.6 is 0 Å². The molecule has 3 saturated heterocycles. The average molecular weight is 371 g/mol. The van der Waals surface area contributed by atoms with Gasteiger partial charge in [0, 0.05) is 37.0 Å². The van der Waals surface area contributed by atoms with Crippen LogP contribution in [0.25, 0.3) is 0 Å². The van der Waals surface area contributed by atoms with Crippen molar-refractivity contribution in [2.75, 3.05) is 26.2 Å². The summed E-state index contributed by atoms with van der Waals surface area (Å²) in [6, 6.07) is 5.80. The summed E-state index contributed by atoms with van der Waals surface area (Å²) in [6.07, 6.45) is 2.23. The molecule has 2 N–H and O–H groups in total. The zero-order chi connectivity index (χ0) is 19.2. The normalized spacial score (nSPS) is 31.1. The highest BCUT2D eigenvalue weighted by Crippen LogP contribution is 2.54. The zero-order valence-electron chi connectivity index (χ0n) is 16.4. The molecule has 3 heterocycles. The smallest absolute Gasteiger partial charge is 0.317 e. The van der Waals surface area contributed by atoms with E-state index in [1.54, 1.807) is 0 Å². The van der Waals surface area contributed by atoms with Crippen LogP contribution in [0.4, 0.5) is 4.79 Å². The van der Waals surface area contributed by atoms with Gasteiger partial charge < -0.3 is 20.3 Å². The Balaban J connectivity index is 1.42. The van der Waals surface area contributed by atoms with E-state index in [-0.39, 0.29) is 29.6 Å². The Morgan fingerprint density at radius 2 is 2.07 bits per heavy atom. The maximum absolute atomic E-state index is 12.6. The fourth-order valence-electron chi connectivity index (χ4n) is 5.08. The van der Waals surface area contributed by atoms with E-state index in [1.165, 1.54) is 5.56 Å². The molecular formula is C21H29N3O3. The third-order valence-corrected chi connectivity index (χ3v) is 6.67. The van der Waals surface area contributed by atoms with Crippen molar-refractivity contribution in [2.45, 2.75) is 45.3 Å². The topological polar surface area (TPSA) is 70.7 Å². The molecule has 1 aromatic carbocycles. The van der Waals surface area contributed by atoms with Crippen LogP contribution in [0.3, 0.4) is 0 Å². The van der Waals surface area contributed by atoms with Gasteiger partial charge in [-0.1, -0.05) is 6.07 Å². The molecule has 1 spiro atoms. The molecule has 0 saturated carbocycles. The molecule has 3 aliphatic rings. The number of fused-ring (bicyclic) bond motifs is 1. The highest BCUT2D eigenvalue weighted by Gasteiger charge is 2.63. The fraction of sp³-hybridized carbons (Fsp3) is 0.619. The Labute approximate surface area is 160 Å². The molecule has 6 nitrogen and oxygen atoms in total. The van der Waals surface area contributed by atoms with Crippen LogP contribution in [0.1, 0.15) is 41.3 Å². The second-order valence-corrected chi connectivity index (χ2v) is 8.26. The Bertz CT molecular complexity index is 765. The number of nitrogens with one attached hydrogen (secondary N) is 2. The lowest BCUT2D eigenvalue weighted by molar-refractivity contribution is 0.00555. The Morgan fingerprint density at radius 1 is 1.26 bits per heavy atom. The maximum Gasteiger partial charge on any atom is 0.317 e. The number of benzene rings is 1. The number of ether oxygens (including phenoxy) is 1. The first-order chi connectivity index (χ1) is 12.9. The van der Waals surface area contributed by atoms with Crippen molar-refractivity contribution in [1.82, 2.24) is 15.5 Å². The van der Waals surface area contributed by atoms with Gasteiger partial charge >= 0.3 is 6.03 Å². The lowest BCUT2D eigenvalue weighted by Gasteiger charge is -2.29. The van der Waals surface area contributed by atoms with E-state index in [0.29, 0.717) is 37.7 Å². The number of nitrogens with zero attached hydrogens (tertiary/aromatic N) is 1. The van der Waals surface area contributed by atoms with Crippen LogP contribution in [0.5, 0.6) is 0 Å². The molecule has 0 aliphatic carbocycles. The minimum atomic E-state index is -0.203. The van der Waals surface area contributed by atoms with E-state index in [4.69, 9.17) is 4.74 Å². The number of urea groups is 1. The molecule has 27 heavy (non-hydrogen) atoms. The second kappa shape index (κ2) is 6.82. The van der Waals surface area contributed by atoms with Gasteiger partial charge in [0.05, 0.1) is 18.2 Å². The molecule has 3 aliphatic heterocycles. The summed E-state index contributed by atoms with van der Waals surface area (Å²) >= 11 is 0. The van der Waals surface area contributed by atoms with E-state index >= 15 is 0 Å². The first kappa shape index (κ1) is 18.3. The number of hydrogen-bond donors (Lipinski definition) is 2. The number of carbonyl (C=O) groups is 2. The number of rotatable bonds is 4. The summed E-state index contributed by atoms with van der Waals surface area (Å²) in [5.41, 5.74) is 2.81. The average Bonchev–Trinajstić information content (AvgIpc) is 3.30. The lowest BCUT2D eigenvalue weighted by Crippen LogP contribution is -2.41. The minimum Gasteiger partial charge on any atom is -0.369 e. The number of aryl methyl sites for hydroxylation is 2. The minimum absolute atomic E-state index is 0.00811. The highest BCUT2D eigenvalue weighted by molar-refractivity contribution is 5.94. The first-order valence-corrected chi connectivity index (χ1v) is 9.99. The van der Waals surface area contributed by atoms with Gasteiger partial charge in [0.2, 0.25) is 0 Å². The van der Waals surface area contributed by atoms with Gasteiger partial charge in [-0.25, -0.2) is 4.79 Å². The van der Waals surface area contributed by atoms with Crippen molar-refractivity contribution in [3.63, 3.8) is 0 Å². The Hall–Kier alpha value is -2.08. The predicted molar refractivity (Wildman–Crippen MR) is 103 cm³/mol. The molecule has 146 valence electrons. The Kier molecular flexibility index (Phi) is 4.62. The van der Waals surface area contributed by atoms with Gasteiger partial charge in [-0.2, -0.15) is 0 Å². The van der Waals surface area contributed by atoms with E-state index in [9.17, 15) is 9.59 Å². The van der Waals surface area contributed by atoms with Crippen molar-refractivity contribution in [3.05, 3.63) is 34.9 Å². The van der Waals surface area contributed by atoms with Gasteiger partial charge in [0.1, 0.15) is 0 Å². The van der Waals surface area contributed by atoms with Gasteiger partial charge in [-0.3, -0.25) is 4.79 Å². The fourth-order valence-corrected chi connectivity index (χ4v) is 5.08. The summed E-state index contributed by atoms with van der Waals surface area (Å²) in [4.78, 5) is 26.7. The zero-order valence-corrected chi connectivity index (χ0v) is 16.4. The van der Waals surface area contributed by atoms with Gasteiger partial charge in [0.15, 0.2) is 0 Å². The van der Waals surface area contributed by atoms with E-state index in [0.717, 1.165) is 18.4 Å². The van der Waals surface area contributed by atoms with E-state index in [2.05, 4.69) is 10.6 Å². The second-order valence-electron chi connectivity index (χ2n) is 8.26. The number of likely N-dealkylation sites (tertiary alicyclic amines) is 1. The number of hydrogen-bond acceptors (Lipinski definition) is 3. The highest BCUT2D eigenvalue weighted by atomic mass is 16.5. The van der Waals surface area contributed by atoms with Crippen LogP contribution in [0.15, 0.2) is 18.2 Å². The lowest BCUT2D eigenvalue weighted by atomic mass is 9.73. The Morgan fingerprint density at radius 3 is 2.81 bits per heavy atom. The van der Waals surface area contributed by atoms with Gasteiger partial charge in [-0.05, 0) is 56.9 Å². The number of amides is 3. The summed E-state index contributed by atoms with van der Waals surface area (Å²) < 4.78 is 6.35. The van der Waals surface area contributed by atoms with Crippen LogP contribution < -0.4 is 10.6 Å². The van der Waals surface area contributed by atoms with Gasteiger partial charge in [0.25, 0.3) is 5.91 Å². The molecule has 2 bridgehead atoms. The quantitative estimate of drug-likeness (QED) is 0.853. The summed E-state index contributed by atoms with van der Waals surface area (Å²) in [5.74, 6) is 0.543. The number of carbonyl (C=O) groups excluding carboxylic acids is 2.